The molecule has 0 bridgehead atoms. The van der Waals surface area contributed by atoms with Gasteiger partial charge in [-0.15, -0.1) is 0 Å². The van der Waals surface area contributed by atoms with Crippen LogP contribution in [-0.4, -0.2) is 55.9 Å². The fourth-order valence-electron chi connectivity index (χ4n) is 2.78. The Morgan fingerprint density at radius 1 is 1.38 bits per heavy atom. The lowest BCUT2D eigenvalue weighted by atomic mass is 9.95. The number of alkyl halides is 2. The fourth-order valence-corrected chi connectivity index (χ4v) is 2.78. The number of nitrogens with one attached hydrogen (secondary N) is 1. The molecular weight excluding hydrogens is 350 g/mol. The SMILES string of the molecule is COC(=O)C1=C(NC(=O)C2(C)CC(CCC(F)CC(C)F)=NO2)COC1. The second-order valence-corrected chi connectivity index (χ2v) is 6.70. The van der Waals surface area contributed by atoms with E-state index in [9.17, 15) is 18.4 Å². The summed E-state index contributed by atoms with van der Waals surface area (Å²) in [6.45, 7) is 3.02. The summed E-state index contributed by atoms with van der Waals surface area (Å²) in [5, 5.41) is 6.49. The monoisotopic (exact) mass is 374 g/mol. The van der Waals surface area contributed by atoms with Crippen molar-refractivity contribution in [2.75, 3.05) is 20.3 Å². The van der Waals surface area contributed by atoms with Crippen molar-refractivity contribution in [1.29, 1.82) is 0 Å². The molecule has 9 heteroatoms. The lowest BCUT2D eigenvalue weighted by molar-refractivity contribution is -0.141. The molecule has 0 aromatic rings. The minimum atomic E-state index is -1.26. The second-order valence-electron chi connectivity index (χ2n) is 6.70. The topological polar surface area (TPSA) is 86.2 Å². The molecule has 2 heterocycles. The molecule has 1 N–H and O–H groups in total. The lowest BCUT2D eigenvalue weighted by Crippen LogP contribution is -2.45. The zero-order valence-corrected chi connectivity index (χ0v) is 15.1. The number of carbonyl (C=O) groups excluding carboxylic acids is 2. The third kappa shape index (κ3) is 5.00. The quantitative estimate of drug-likeness (QED) is 0.657. The van der Waals surface area contributed by atoms with Crippen LogP contribution >= 0.6 is 0 Å². The highest BCUT2D eigenvalue weighted by Gasteiger charge is 2.42. The Hall–Kier alpha value is -2.03. The number of oxime groups is 1. The van der Waals surface area contributed by atoms with Crippen molar-refractivity contribution in [3.8, 4) is 0 Å². The first-order valence-electron chi connectivity index (χ1n) is 8.46. The van der Waals surface area contributed by atoms with Gasteiger partial charge in [0.05, 0.1) is 37.3 Å². The van der Waals surface area contributed by atoms with Gasteiger partial charge >= 0.3 is 5.97 Å². The number of hydrogen-bond donors (Lipinski definition) is 1. The van der Waals surface area contributed by atoms with Crippen molar-refractivity contribution in [2.24, 2.45) is 5.16 Å². The summed E-state index contributed by atoms with van der Waals surface area (Å²) < 4.78 is 36.2. The molecule has 0 radical (unpaired) electrons. The Morgan fingerprint density at radius 2 is 2.12 bits per heavy atom. The molecule has 2 aliphatic heterocycles. The molecule has 0 fully saturated rings. The van der Waals surface area contributed by atoms with Crippen LogP contribution in [-0.2, 0) is 23.9 Å². The maximum Gasteiger partial charge on any atom is 0.337 e. The number of rotatable bonds is 8. The Balaban J connectivity index is 1.89. The van der Waals surface area contributed by atoms with Crippen LogP contribution in [0.3, 0.4) is 0 Å². The molecule has 0 saturated heterocycles. The van der Waals surface area contributed by atoms with Gasteiger partial charge in [-0.3, -0.25) is 4.79 Å². The number of carbonyl (C=O) groups is 2. The zero-order chi connectivity index (χ0) is 19.3. The van der Waals surface area contributed by atoms with E-state index in [1.165, 1.54) is 14.0 Å². The molecule has 1 amide bonds. The Kier molecular flexibility index (Phi) is 6.69. The molecule has 3 atom stereocenters. The molecule has 0 saturated carbocycles. The maximum absolute atomic E-state index is 13.6. The zero-order valence-electron chi connectivity index (χ0n) is 15.1. The van der Waals surface area contributed by atoms with Gasteiger partial charge in [0.1, 0.15) is 12.3 Å². The Labute approximate surface area is 150 Å². The molecule has 7 nitrogen and oxygen atoms in total. The van der Waals surface area contributed by atoms with Crippen molar-refractivity contribution >= 4 is 17.6 Å². The number of esters is 1. The minimum absolute atomic E-state index is 0.0620. The van der Waals surface area contributed by atoms with Crippen molar-refractivity contribution in [3.63, 3.8) is 0 Å². The van der Waals surface area contributed by atoms with E-state index in [-0.39, 0.29) is 44.5 Å². The van der Waals surface area contributed by atoms with Crippen LogP contribution in [0.4, 0.5) is 8.78 Å². The summed E-state index contributed by atoms with van der Waals surface area (Å²) in [6, 6.07) is 0. The van der Waals surface area contributed by atoms with E-state index in [0.717, 1.165) is 0 Å². The summed E-state index contributed by atoms with van der Waals surface area (Å²) in [5.41, 5.74) is -0.127. The van der Waals surface area contributed by atoms with Crippen LogP contribution in [0.1, 0.15) is 39.5 Å². The number of halogens is 2. The predicted molar refractivity (Wildman–Crippen MR) is 88.9 cm³/mol. The molecule has 0 aromatic heterocycles. The molecule has 2 rings (SSSR count). The number of hydrogen-bond acceptors (Lipinski definition) is 6. The average Bonchev–Trinajstić information content (AvgIpc) is 3.19. The summed E-state index contributed by atoms with van der Waals surface area (Å²) in [6.07, 6.45) is -2.01. The van der Waals surface area contributed by atoms with Gasteiger partial charge in [-0.1, -0.05) is 5.16 Å². The first-order chi connectivity index (χ1) is 12.2. The highest BCUT2D eigenvalue weighted by molar-refractivity contribution is 5.97. The number of nitrogens with zero attached hydrogens (tertiary/aromatic N) is 1. The maximum atomic E-state index is 13.6. The fraction of sp³-hybridized carbons (Fsp3) is 0.706. The Bertz CT molecular complexity index is 620. The van der Waals surface area contributed by atoms with Crippen LogP contribution in [0.5, 0.6) is 0 Å². The van der Waals surface area contributed by atoms with Gasteiger partial charge < -0.3 is 19.6 Å². The average molecular weight is 374 g/mol. The van der Waals surface area contributed by atoms with E-state index in [2.05, 4.69) is 15.2 Å². The lowest BCUT2D eigenvalue weighted by Gasteiger charge is -2.21. The molecule has 26 heavy (non-hydrogen) atoms. The van der Waals surface area contributed by atoms with Crippen molar-refractivity contribution in [1.82, 2.24) is 5.32 Å². The number of amides is 1. The van der Waals surface area contributed by atoms with Crippen molar-refractivity contribution in [2.45, 2.75) is 57.5 Å². The van der Waals surface area contributed by atoms with Gasteiger partial charge in [-0.05, 0) is 26.7 Å². The van der Waals surface area contributed by atoms with Crippen LogP contribution in [0.25, 0.3) is 0 Å². The van der Waals surface area contributed by atoms with E-state index in [1.807, 2.05) is 0 Å². The third-order valence-corrected chi connectivity index (χ3v) is 4.28. The van der Waals surface area contributed by atoms with Crippen molar-refractivity contribution < 1.29 is 32.7 Å². The van der Waals surface area contributed by atoms with Crippen LogP contribution in [0.2, 0.25) is 0 Å². The van der Waals surface area contributed by atoms with E-state index in [4.69, 9.17) is 9.57 Å². The predicted octanol–water partition coefficient (Wildman–Crippen LogP) is 1.96. The van der Waals surface area contributed by atoms with Gasteiger partial charge in [0.15, 0.2) is 0 Å². The van der Waals surface area contributed by atoms with Gasteiger partial charge in [0.2, 0.25) is 5.60 Å². The standard InChI is InChI=1S/C17H24F2N2O5/c1-10(18)6-11(19)4-5-12-7-17(2,26-21-12)16(23)20-14-9-25-8-13(14)15(22)24-3/h10-11H,4-9H2,1-3H3,(H,20,23). The molecular formula is C17H24F2N2O5. The van der Waals surface area contributed by atoms with Gasteiger partial charge in [0, 0.05) is 12.8 Å². The Morgan fingerprint density at radius 3 is 2.77 bits per heavy atom. The molecule has 3 unspecified atom stereocenters. The van der Waals surface area contributed by atoms with E-state index < -0.39 is 29.8 Å². The molecule has 2 aliphatic rings. The first-order valence-corrected chi connectivity index (χ1v) is 8.46. The molecule has 0 aliphatic carbocycles. The van der Waals surface area contributed by atoms with Crippen LogP contribution in [0, 0.1) is 0 Å². The van der Waals surface area contributed by atoms with E-state index in [1.54, 1.807) is 6.92 Å². The summed E-state index contributed by atoms with van der Waals surface area (Å²) in [7, 11) is 1.25. The summed E-state index contributed by atoms with van der Waals surface area (Å²) >= 11 is 0. The minimum Gasteiger partial charge on any atom is -0.466 e. The third-order valence-electron chi connectivity index (χ3n) is 4.28. The first kappa shape index (κ1) is 20.3. The normalized spacial score (nSPS) is 24.7. The van der Waals surface area contributed by atoms with E-state index in [0.29, 0.717) is 11.4 Å². The largest absolute Gasteiger partial charge is 0.466 e. The van der Waals surface area contributed by atoms with Crippen LogP contribution < -0.4 is 5.32 Å². The van der Waals surface area contributed by atoms with E-state index >= 15 is 0 Å². The molecule has 0 aromatic carbocycles. The summed E-state index contributed by atoms with van der Waals surface area (Å²) in [5.74, 6) is -1.05. The van der Waals surface area contributed by atoms with Gasteiger partial charge in [-0.2, -0.15) is 0 Å². The highest BCUT2D eigenvalue weighted by atomic mass is 19.1. The number of methoxy groups -OCH3 is 1. The summed E-state index contributed by atoms with van der Waals surface area (Å²) in [4.78, 5) is 29.5. The second kappa shape index (κ2) is 8.57. The van der Waals surface area contributed by atoms with Gasteiger partial charge in [0.25, 0.3) is 5.91 Å². The van der Waals surface area contributed by atoms with Gasteiger partial charge in [-0.25, -0.2) is 13.6 Å². The highest BCUT2D eigenvalue weighted by Crippen LogP contribution is 2.27. The molecule has 146 valence electrons. The smallest absolute Gasteiger partial charge is 0.337 e. The van der Waals surface area contributed by atoms with Crippen molar-refractivity contribution in [3.05, 3.63) is 11.3 Å². The van der Waals surface area contributed by atoms with Crippen LogP contribution in [0.15, 0.2) is 16.4 Å². The number of ether oxygens (including phenoxy) is 2. The molecule has 0 spiro atoms.